The molecule has 5 rings (SSSR count). The van der Waals surface area contributed by atoms with Gasteiger partial charge in [-0.05, 0) is 56.0 Å². The molecular weight excluding hydrogens is 412 g/mol. The fraction of sp³-hybridized carbons (Fsp3) is 0.500. The van der Waals surface area contributed by atoms with Gasteiger partial charge < -0.3 is 14.3 Å². The van der Waals surface area contributed by atoms with E-state index >= 15 is 0 Å². The molecule has 2 aliphatic heterocycles. The van der Waals surface area contributed by atoms with Crippen LogP contribution in [0.5, 0.6) is 0 Å². The summed E-state index contributed by atoms with van der Waals surface area (Å²) in [6.07, 6.45) is 7.01. The van der Waals surface area contributed by atoms with Crippen LogP contribution < -0.4 is 9.80 Å². The van der Waals surface area contributed by atoms with Crippen LogP contribution in [0.4, 0.5) is 11.5 Å². The molecule has 174 valence electrons. The van der Waals surface area contributed by atoms with Crippen LogP contribution in [0.2, 0.25) is 0 Å². The van der Waals surface area contributed by atoms with Gasteiger partial charge in [-0.1, -0.05) is 30.1 Å². The highest BCUT2D eigenvalue weighted by Crippen LogP contribution is 2.24. The van der Waals surface area contributed by atoms with Gasteiger partial charge in [0.2, 0.25) is 11.7 Å². The zero-order valence-electron chi connectivity index (χ0n) is 19.8. The first-order valence-corrected chi connectivity index (χ1v) is 12.2. The molecular formula is C26H34N6O. The molecule has 0 aliphatic carbocycles. The minimum Gasteiger partial charge on any atom is -0.369 e. The number of nitrogens with zero attached hydrogens (tertiary/aromatic N) is 6. The quantitative estimate of drug-likeness (QED) is 0.574. The second-order valence-electron chi connectivity index (χ2n) is 9.37. The molecule has 0 spiro atoms. The van der Waals surface area contributed by atoms with Crippen molar-refractivity contribution in [2.24, 2.45) is 0 Å². The number of benzene rings is 1. The van der Waals surface area contributed by atoms with Crippen molar-refractivity contribution in [1.29, 1.82) is 0 Å². The van der Waals surface area contributed by atoms with Gasteiger partial charge in [0.05, 0.1) is 6.54 Å². The molecule has 0 unspecified atom stereocenters. The first-order chi connectivity index (χ1) is 16.2. The number of aromatic nitrogens is 3. The van der Waals surface area contributed by atoms with Gasteiger partial charge >= 0.3 is 0 Å². The van der Waals surface area contributed by atoms with Gasteiger partial charge in [0.15, 0.2) is 0 Å². The van der Waals surface area contributed by atoms with Crippen molar-refractivity contribution in [3.63, 3.8) is 0 Å². The topological polar surface area (TPSA) is 61.5 Å². The highest BCUT2D eigenvalue weighted by molar-refractivity contribution is 5.56. The van der Waals surface area contributed by atoms with Crippen molar-refractivity contribution in [3.8, 4) is 11.4 Å². The van der Waals surface area contributed by atoms with E-state index in [1.807, 2.05) is 6.20 Å². The molecule has 1 aromatic carbocycles. The zero-order chi connectivity index (χ0) is 22.6. The third-order valence-corrected chi connectivity index (χ3v) is 6.84. The maximum absolute atomic E-state index is 5.58. The average molecular weight is 447 g/mol. The van der Waals surface area contributed by atoms with E-state index < -0.39 is 0 Å². The summed E-state index contributed by atoms with van der Waals surface area (Å²) in [4.78, 5) is 16.6. The van der Waals surface area contributed by atoms with Crippen molar-refractivity contribution < 1.29 is 4.52 Å². The summed E-state index contributed by atoms with van der Waals surface area (Å²) in [6.45, 7) is 11.2. The Morgan fingerprint density at radius 1 is 0.848 bits per heavy atom. The zero-order valence-corrected chi connectivity index (χ0v) is 19.8. The minimum absolute atomic E-state index is 0.619. The van der Waals surface area contributed by atoms with Crippen LogP contribution >= 0.6 is 0 Å². The maximum Gasteiger partial charge on any atom is 0.241 e. The molecule has 2 aromatic heterocycles. The van der Waals surface area contributed by atoms with Crippen molar-refractivity contribution in [2.75, 3.05) is 49.1 Å². The second kappa shape index (κ2) is 9.91. The van der Waals surface area contributed by atoms with Crippen LogP contribution in [0, 0.1) is 13.8 Å². The van der Waals surface area contributed by atoms with Gasteiger partial charge in [0.1, 0.15) is 5.82 Å². The molecule has 3 aromatic rings. The van der Waals surface area contributed by atoms with Crippen LogP contribution in [0.15, 0.2) is 41.1 Å². The van der Waals surface area contributed by atoms with E-state index in [2.05, 4.69) is 74.0 Å². The molecule has 2 saturated heterocycles. The van der Waals surface area contributed by atoms with E-state index in [4.69, 9.17) is 4.52 Å². The average Bonchev–Trinajstić information content (AvgIpc) is 3.13. The van der Waals surface area contributed by atoms with Crippen molar-refractivity contribution >= 4 is 11.5 Å². The van der Waals surface area contributed by atoms with Gasteiger partial charge in [-0.15, -0.1) is 0 Å². The van der Waals surface area contributed by atoms with Gasteiger partial charge in [-0.25, -0.2) is 4.98 Å². The fourth-order valence-electron chi connectivity index (χ4n) is 4.84. The SMILES string of the molecule is Cc1ccc(C)c(N2CCN(Cc3nc(-c4ccc(N5CCCCCC5)nc4)no3)CC2)c1. The molecule has 0 N–H and O–H groups in total. The van der Waals surface area contributed by atoms with Crippen LogP contribution in [0.25, 0.3) is 11.4 Å². The van der Waals surface area contributed by atoms with Crippen LogP contribution in [0.1, 0.15) is 42.7 Å². The van der Waals surface area contributed by atoms with Crippen molar-refractivity contribution in [1.82, 2.24) is 20.0 Å². The third kappa shape index (κ3) is 5.19. The Labute approximate surface area is 196 Å². The summed E-state index contributed by atoms with van der Waals surface area (Å²) < 4.78 is 5.58. The summed E-state index contributed by atoms with van der Waals surface area (Å²) in [5.41, 5.74) is 4.91. The van der Waals surface area contributed by atoms with E-state index in [0.29, 0.717) is 18.3 Å². The standard InChI is InChI=1S/C26H34N6O/c1-20-7-8-21(2)23(17-20)31-15-13-30(14-16-31)19-25-28-26(29-33-25)22-9-10-24(27-18-22)32-11-5-3-4-6-12-32/h7-10,17-18H,3-6,11-16,19H2,1-2H3. The van der Waals surface area contributed by atoms with E-state index in [1.54, 1.807) is 0 Å². The molecule has 2 fully saturated rings. The van der Waals surface area contributed by atoms with E-state index in [1.165, 1.54) is 42.5 Å². The number of piperazine rings is 1. The molecule has 0 saturated carbocycles. The number of anilines is 2. The first-order valence-electron chi connectivity index (χ1n) is 12.2. The Kier molecular flexibility index (Phi) is 6.58. The summed E-state index contributed by atoms with van der Waals surface area (Å²) in [6, 6.07) is 10.8. The molecule has 7 nitrogen and oxygen atoms in total. The Morgan fingerprint density at radius 3 is 2.36 bits per heavy atom. The van der Waals surface area contributed by atoms with Crippen LogP contribution in [-0.2, 0) is 6.54 Å². The smallest absolute Gasteiger partial charge is 0.241 e. The maximum atomic E-state index is 5.58. The van der Waals surface area contributed by atoms with Gasteiger partial charge in [0.25, 0.3) is 0 Å². The largest absolute Gasteiger partial charge is 0.369 e. The normalized spacial score (nSPS) is 17.9. The van der Waals surface area contributed by atoms with E-state index in [-0.39, 0.29) is 0 Å². The highest BCUT2D eigenvalue weighted by atomic mass is 16.5. The first kappa shape index (κ1) is 21.9. The molecule has 2 aliphatic rings. The highest BCUT2D eigenvalue weighted by Gasteiger charge is 2.21. The lowest BCUT2D eigenvalue weighted by Gasteiger charge is -2.36. The minimum atomic E-state index is 0.619. The lowest BCUT2D eigenvalue weighted by Crippen LogP contribution is -2.46. The molecule has 0 bridgehead atoms. The Balaban J connectivity index is 1.17. The molecule has 4 heterocycles. The molecule has 0 amide bonds. The van der Waals surface area contributed by atoms with E-state index in [0.717, 1.165) is 50.6 Å². The second-order valence-corrected chi connectivity index (χ2v) is 9.37. The molecule has 7 heteroatoms. The summed E-state index contributed by atoms with van der Waals surface area (Å²) >= 11 is 0. The molecule has 0 atom stereocenters. The fourth-order valence-corrected chi connectivity index (χ4v) is 4.84. The summed E-state index contributed by atoms with van der Waals surface area (Å²) in [5.74, 6) is 2.34. The van der Waals surface area contributed by atoms with Gasteiger partial charge in [-0.2, -0.15) is 4.98 Å². The third-order valence-electron chi connectivity index (χ3n) is 6.84. The predicted molar refractivity (Wildman–Crippen MR) is 132 cm³/mol. The van der Waals surface area contributed by atoms with Gasteiger partial charge in [-0.3, -0.25) is 4.90 Å². The van der Waals surface area contributed by atoms with Gasteiger partial charge in [0, 0.05) is 56.7 Å². The lowest BCUT2D eigenvalue weighted by molar-refractivity contribution is 0.215. The Morgan fingerprint density at radius 2 is 1.64 bits per heavy atom. The Hall–Kier alpha value is -2.93. The molecule has 0 radical (unpaired) electrons. The molecule has 33 heavy (non-hydrogen) atoms. The van der Waals surface area contributed by atoms with Crippen molar-refractivity contribution in [3.05, 3.63) is 53.5 Å². The number of hydrogen-bond acceptors (Lipinski definition) is 7. The number of rotatable bonds is 5. The van der Waals surface area contributed by atoms with E-state index in [9.17, 15) is 0 Å². The number of hydrogen-bond donors (Lipinski definition) is 0. The van der Waals surface area contributed by atoms with Crippen LogP contribution in [-0.4, -0.2) is 59.3 Å². The number of pyridine rings is 1. The van der Waals surface area contributed by atoms with Crippen LogP contribution in [0.3, 0.4) is 0 Å². The van der Waals surface area contributed by atoms with Crippen molar-refractivity contribution in [2.45, 2.75) is 46.1 Å². The Bertz CT molecular complexity index is 1050. The summed E-state index contributed by atoms with van der Waals surface area (Å²) in [7, 11) is 0. The predicted octanol–water partition coefficient (Wildman–Crippen LogP) is 4.45. The monoisotopic (exact) mass is 446 g/mol. The number of aryl methyl sites for hydroxylation is 2. The lowest BCUT2D eigenvalue weighted by atomic mass is 10.1. The summed E-state index contributed by atoms with van der Waals surface area (Å²) in [5, 5.41) is 4.22.